The number of hydrogen-bond acceptors (Lipinski definition) is 2. The van der Waals surface area contributed by atoms with Crippen LogP contribution in [0.5, 0.6) is 0 Å². The molecule has 0 saturated carbocycles. The van der Waals surface area contributed by atoms with Gasteiger partial charge in [-0.3, -0.25) is 0 Å². The Kier molecular flexibility index (Phi) is 2.97. The number of para-hydroxylation sites is 2. The summed E-state index contributed by atoms with van der Waals surface area (Å²) in [5.74, 6) is 0. The second-order valence-corrected chi connectivity index (χ2v) is 8.92. The fourth-order valence-corrected chi connectivity index (χ4v) is 4.59. The summed E-state index contributed by atoms with van der Waals surface area (Å²) in [6.07, 6.45) is 0. The Labute approximate surface area is 164 Å². The maximum absolute atomic E-state index is 6.36. The standard InChI is InChI=1S/C24H22BNO2/c1-23(2)24(3,4)28-25(27-23)15-13-18-16-9-5-7-11-20(16)26-21-12-8-6-10-17(21)19(14-15)22(18)26/h5-14H,1-4H3. The monoisotopic (exact) mass is 367 g/mol. The molecule has 4 heteroatoms. The molecule has 1 aliphatic heterocycles. The molecule has 0 bridgehead atoms. The second kappa shape index (κ2) is 5.08. The van der Waals surface area contributed by atoms with E-state index in [1.165, 1.54) is 38.1 Å². The highest BCUT2D eigenvalue weighted by Crippen LogP contribution is 2.40. The molecule has 1 fully saturated rings. The summed E-state index contributed by atoms with van der Waals surface area (Å²) in [4.78, 5) is 0. The lowest BCUT2D eigenvalue weighted by Gasteiger charge is -2.32. The highest BCUT2D eigenvalue weighted by atomic mass is 16.7. The van der Waals surface area contributed by atoms with Crippen LogP contribution in [0.3, 0.4) is 0 Å². The summed E-state index contributed by atoms with van der Waals surface area (Å²) in [6, 6.07) is 21.8. The molecule has 3 nitrogen and oxygen atoms in total. The fraction of sp³-hybridized carbons (Fsp3) is 0.250. The van der Waals surface area contributed by atoms with Gasteiger partial charge in [0.2, 0.25) is 0 Å². The minimum absolute atomic E-state index is 0.348. The smallest absolute Gasteiger partial charge is 0.399 e. The van der Waals surface area contributed by atoms with Crippen molar-refractivity contribution in [2.75, 3.05) is 0 Å². The first kappa shape index (κ1) is 16.4. The quantitative estimate of drug-likeness (QED) is 0.383. The van der Waals surface area contributed by atoms with E-state index in [-0.39, 0.29) is 18.3 Å². The number of nitrogens with zero attached hydrogens (tertiary/aromatic N) is 1. The Hall–Kier alpha value is -2.56. The molecule has 3 aromatic carbocycles. The van der Waals surface area contributed by atoms with Crippen molar-refractivity contribution in [1.29, 1.82) is 0 Å². The van der Waals surface area contributed by atoms with Gasteiger partial charge in [0.25, 0.3) is 0 Å². The zero-order valence-electron chi connectivity index (χ0n) is 16.6. The van der Waals surface area contributed by atoms with Gasteiger partial charge < -0.3 is 13.7 Å². The van der Waals surface area contributed by atoms with E-state index in [9.17, 15) is 0 Å². The first-order chi connectivity index (χ1) is 13.4. The molecule has 3 heterocycles. The van der Waals surface area contributed by atoms with Gasteiger partial charge in [0.05, 0.1) is 27.8 Å². The molecule has 1 aliphatic rings. The minimum atomic E-state index is -0.361. The molecule has 2 aromatic heterocycles. The normalized spacial score (nSPS) is 18.9. The molecular weight excluding hydrogens is 345 g/mol. The van der Waals surface area contributed by atoms with E-state index in [0.29, 0.717) is 0 Å². The summed E-state index contributed by atoms with van der Waals surface area (Å²) in [6.45, 7) is 8.41. The van der Waals surface area contributed by atoms with Gasteiger partial charge in [-0.1, -0.05) is 48.5 Å². The summed E-state index contributed by atoms with van der Waals surface area (Å²) in [5.41, 5.74) is 4.16. The van der Waals surface area contributed by atoms with Gasteiger partial charge in [0.1, 0.15) is 0 Å². The lowest BCUT2D eigenvalue weighted by Crippen LogP contribution is -2.41. The van der Waals surface area contributed by atoms with E-state index in [2.05, 4.69) is 92.8 Å². The summed E-state index contributed by atoms with van der Waals surface area (Å²) < 4.78 is 15.1. The Morgan fingerprint density at radius 2 is 1.14 bits per heavy atom. The maximum Gasteiger partial charge on any atom is 0.494 e. The third-order valence-corrected chi connectivity index (χ3v) is 6.75. The van der Waals surface area contributed by atoms with E-state index in [4.69, 9.17) is 9.31 Å². The average molecular weight is 367 g/mol. The van der Waals surface area contributed by atoms with Crippen LogP contribution in [0.25, 0.3) is 38.1 Å². The molecule has 0 radical (unpaired) electrons. The van der Waals surface area contributed by atoms with Crippen LogP contribution >= 0.6 is 0 Å². The molecule has 0 N–H and O–H groups in total. The van der Waals surface area contributed by atoms with E-state index >= 15 is 0 Å². The molecule has 0 atom stereocenters. The van der Waals surface area contributed by atoms with Crippen LogP contribution in [0.15, 0.2) is 60.7 Å². The van der Waals surface area contributed by atoms with Crippen LogP contribution in [-0.4, -0.2) is 22.7 Å². The topological polar surface area (TPSA) is 22.9 Å². The Balaban J connectivity index is 1.72. The zero-order chi connectivity index (χ0) is 19.3. The van der Waals surface area contributed by atoms with Gasteiger partial charge in [-0.05, 0) is 45.3 Å². The van der Waals surface area contributed by atoms with Gasteiger partial charge in [0, 0.05) is 21.5 Å². The lowest BCUT2D eigenvalue weighted by atomic mass is 9.77. The van der Waals surface area contributed by atoms with Crippen LogP contribution in [0, 0.1) is 0 Å². The Morgan fingerprint density at radius 1 is 0.679 bits per heavy atom. The van der Waals surface area contributed by atoms with E-state index < -0.39 is 0 Å². The van der Waals surface area contributed by atoms with Crippen LogP contribution in [0.4, 0.5) is 0 Å². The van der Waals surface area contributed by atoms with Crippen molar-refractivity contribution in [3.63, 3.8) is 0 Å². The molecule has 0 aliphatic carbocycles. The summed E-state index contributed by atoms with van der Waals surface area (Å²) in [7, 11) is -0.361. The minimum Gasteiger partial charge on any atom is -0.399 e. The first-order valence-electron chi connectivity index (χ1n) is 9.90. The number of fused-ring (bicyclic) bond motifs is 6. The van der Waals surface area contributed by atoms with Crippen molar-refractivity contribution in [2.45, 2.75) is 38.9 Å². The number of hydrogen-bond donors (Lipinski definition) is 0. The maximum atomic E-state index is 6.36. The molecule has 5 aromatic rings. The van der Waals surface area contributed by atoms with Gasteiger partial charge in [0.15, 0.2) is 0 Å². The van der Waals surface area contributed by atoms with Gasteiger partial charge in [-0.15, -0.1) is 0 Å². The van der Waals surface area contributed by atoms with Crippen molar-refractivity contribution in [2.24, 2.45) is 0 Å². The molecule has 28 heavy (non-hydrogen) atoms. The molecule has 6 rings (SSSR count). The van der Waals surface area contributed by atoms with Crippen LogP contribution in [0.1, 0.15) is 27.7 Å². The van der Waals surface area contributed by atoms with E-state index in [1.54, 1.807) is 0 Å². The SMILES string of the molecule is CC1(C)OB(c2cc3c4ccccc4n4c5ccccc5c(c2)c34)OC1(C)C. The Bertz CT molecular complexity index is 1280. The van der Waals surface area contributed by atoms with E-state index in [1.807, 2.05) is 0 Å². The predicted molar refractivity (Wildman–Crippen MR) is 117 cm³/mol. The van der Waals surface area contributed by atoms with Crippen molar-refractivity contribution in [3.8, 4) is 0 Å². The highest BCUT2D eigenvalue weighted by molar-refractivity contribution is 6.63. The van der Waals surface area contributed by atoms with Gasteiger partial charge in [-0.2, -0.15) is 0 Å². The van der Waals surface area contributed by atoms with Crippen LogP contribution in [0.2, 0.25) is 0 Å². The third-order valence-electron chi connectivity index (χ3n) is 6.75. The molecular formula is C24H22BNO2. The fourth-order valence-electron chi connectivity index (χ4n) is 4.59. The van der Waals surface area contributed by atoms with Crippen molar-refractivity contribution >= 4 is 50.7 Å². The molecule has 0 amide bonds. The zero-order valence-corrected chi connectivity index (χ0v) is 16.6. The predicted octanol–water partition coefficient (Wildman–Crippen LogP) is 5.14. The number of benzene rings is 3. The largest absolute Gasteiger partial charge is 0.494 e. The lowest BCUT2D eigenvalue weighted by molar-refractivity contribution is 0.00578. The Morgan fingerprint density at radius 3 is 1.64 bits per heavy atom. The number of aromatic nitrogens is 1. The third kappa shape index (κ3) is 1.92. The van der Waals surface area contributed by atoms with Gasteiger partial charge >= 0.3 is 7.12 Å². The van der Waals surface area contributed by atoms with Gasteiger partial charge in [-0.25, -0.2) is 0 Å². The first-order valence-corrected chi connectivity index (χ1v) is 9.90. The molecule has 0 unspecified atom stereocenters. The average Bonchev–Trinajstić information content (AvgIpc) is 3.25. The number of rotatable bonds is 1. The van der Waals surface area contributed by atoms with Crippen molar-refractivity contribution in [3.05, 3.63) is 60.7 Å². The van der Waals surface area contributed by atoms with Crippen molar-refractivity contribution < 1.29 is 9.31 Å². The summed E-state index contributed by atoms with van der Waals surface area (Å²) in [5, 5.41) is 5.06. The molecule has 0 spiro atoms. The van der Waals surface area contributed by atoms with Crippen LogP contribution < -0.4 is 5.46 Å². The van der Waals surface area contributed by atoms with Crippen molar-refractivity contribution in [1.82, 2.24) is 4.40 Å². The van der Waals surface area contributed by atoms with Crippen LogP contribution in [-0.2, 0) is 9.31 Å². The molecule has 138 valence electrons. The highest BCUT2D eigenvalue weighted by Gasteiger charge is 2.51. The molecule has 1 saturated heterocycles. The van der Waals surface area contributed by atoms with E-state index in [0.717, 1.165) is 5.46 Å². The summed E-state index contributed by atoms with van der Waals surface area (Å²) >= 11 is 0. The second-order valence-electron chi connectivity index (χ2n) is 8.92.